The molecule has 0 N–H and O–H groups in total. The topological polar surface area (TPSA) is 76.2 Å². The van der Waals surface area contributed by atoms with E-state index in [1.807, 2.05) is 24.3 Å². The predicted molar refractivity (Wildman–Crippen MR) is 125 cm³/mol. The van der Waals surface area contributed by atoms with Crippen molar-refractivity contribution in [2.24, 2.45) is 5.92 Å². The number of benzene rings is 2. The Labute approximate surface area is 195 Å². The Morgan fingerprint density at radius 3 is 2.45 bits per heavy atom. The number of Topliss-reactive ketones (excluding diaryl/α,β-unsaturated/α-hetero) is 1. The second-order valence-corrected chi connectivity index (χ2v) is 8.76. The molecule has 0 aliphatic carbocycles. The molecule has 176 valence electrons. The molecule has 1 aliphatic rings. The number of rotatable bonds is 8. The van der Waals surface area contributed by atoms with E-state index in [9.17, 15) is 14.4 Å². The van der Waals surface area contributed by atoms with E-state index in [0.717, 1.165) is 11.3 Å². The maximum absolute atomic E-state index is 13.4. The lowest BCUT2D eigenvalue weighted by Crippen LogP contribution is -2.40. The van der Waals surface area contributed by atoms with Crippen molar-refractivity contribution in [3.8, 4) is 5.75 Å². The van der Waals surface area contributed by atoms with Crippen LogP contribution in [0.1, 0.15) is 47.1 Å². The SMILES string of the molecule is COc1cccc(CO[C@H]2CN(CC(C)C)C(=O)CN(C(=O)c3ccccc3C(C)=O)C2)c1. The van der Waals surface area contributed by atoms with Gasteiger partial charge in [0.2, 0.25) is 5.91 Å². The van der Waals surface area contributed by atoms with Gasteiger partial charge >= 0.3 is 0 Å². The molecular weight excluding hydrogens is 420 g/mol. The molecule has 3 rings (SSSR count). The smallest absolute Gasteiger partial charge is 0.255 e. The number of amides is 2. The van der Waals surface area contributed by atoms with E-state index in [4.69, 9.17) is 9.47 Å². The van der Waals surface area contributed by atoms with Gasteiger partial charge in [0.15, 0.2) is 5.78 Å². The summed E-state index contributed by atoms with van der Waals surface area (Å²) in [5.74, 6) is 0.382. The Hall–Kier alpha value is -3.19. The number of carbonyl (C=O) groups is 3. The summed E-state index contributed by atoms with van der Waals surface area (Å²) in [7, 11) is 1.61. The van der Waals surface area contributed by atoms with Crippen molar-refractivity contribution in [2.75, 3.05) is 33.3 Å². The van der Waals surface area contributed by atoms with Crippen molar-refractivity contribution < 1.29 is 23.9 Å². The molecule has 1 atom stereocenters. The number of carbonyl (C=O) groups excluding carboxylic acids is 3. The fourth-order valence-electron chi connectivity index (χ4n) is 3.98. The normalized spacial score (nSPS) is 16.6. The molecule has 0 bridgehead atoms. The van der Waals surface area contributed by atoms with Gasteiger partial charge < -0.3 is 19.3 Å². The Kier molecular flexibility index (Phi) is 8.22. The highest BCUT2D eigenvalue weighted by Crippen LogP contribution is 2.19. The highest BCUT2D eigenvalue weighted by molar-refractivity contribution is 6.07. The van der Waals surface area contributed by atoms with Crippen LogP contribution in [0.5, 0.6) is 5.75 Å². The first-order valence-electron chi connectivity index (χ1n) is 11.2. The number of ether oxygens (including phenoxy) is 2. The monoisotopic (exact) mass is 452 g/mol. The van der Waals surface area contributed by atoms with Crippen LogP contribution in [0.3, 0.4) is 0 Å². The molecule has 1 aliphatic heterocycles. The van der Waals surface area contributed by atoms with E-state index in [0.29, 0.717) is 30.8 Å². The van der Waals surface area contributed by atoms with Crippen molar-refractivity contribution in [3.05, 3.63) is 65.2 Å². The summed E-state index contributed by atoms with van der Waals surface area (Å²) in [4.78, 5) is 41.7. The van der Waals surface area contributed by atoms with Crippen LogP contribution in [0.2, 0.25) is 0 Å². The van der Waals surface area contributed by atoms with Gasteiger partial charge in [0.25, 0.3) is 5.91 Å². The first-order valence-corrected chi connectivity index (χ1v) is 11.2. The molecule has 7 heteroatoms. The zero-order valence-corrected chi connectivity index (χ0v) is 19.7. The maximum atomic E-state index is 13.4. The molecule has 7 nitrogen and oxygen atoms in total. The van der Waals surface area contributed by atoms with Gasteiger partial charge in [0, 0.05) is 25.2 Å². The maximum Gasteiger partial charge on any atom is 0.255 e. The zero-order valence-electron chi connectivity index (χ0n) is 19.7. The van der Waals surface area contributed by atoms with Crippen LogP contribution in [-0.2, 0) is 16.1 Å². The van der Waals surface area contributed by atoms with Gasteiger partial charge in [-0.15, -0.1) is 0 Å². The van der Waals surface area contributed by atoms with Crippen LogP contribution in [0.25, 0.3) is 0 Å². The molecule has 1 saturated heterocycles. The van der Waals surface area contributed by atoms with Crippen molar-refractivity contribution in [2.45, 2.75) is 33.5 Å². The Balaban J connectivity index is 1.83. The van der Waals surface area contributed by atoms with Gasteiger partial charge in [-0.1, -0.05) is 44.2 Å². The van der Waals surface area contributed by atoms with Gasteiger partial charge in [-0.05, 0) is 36.6 Å². The summed E-state index contributed by atoms with van der Waals surface area (Å²) < 4.78 is 11.5. The highest BCUT2D eigenvalue weighted by atomic mass is 16.5. The third kappa shape index (κ3) is 6.42. The fraction of sp³-hybridized carbons (Fsp3) is 0.423. The third-order valence-corrected chi connectivity index (χ3v) is 5.56. The van der Waals surface area contributed by atoms with Gasteiger partial charge in [-0.2, -0.15) is 0 Å². The number of hydrogen-bond acceptors (Lipinski definition) is 5. The van der Waals surface area contributed by atoms with Gasteiger partial charge in [-0.3, -0.25) is 14.4 Å². The summed E-state index contributed by atoms with van der Waals surface area (Å²) in [6.07, 6.45) is -0.366. The van der Waals surface area contributed by atoms with Crippen LogP contribution in [0, 0.1) is 5.92 Å². The van der Waals surface area contributed by atoms with Crippen molar-refractivity contribution >= 4 is 17.6 Å². The largest absolute Gasteiger partial charge is 0.497 e. The second kappa shape index (κ2) is 11.1. The first kappa shape index (κ1) is 24.5. The van der Waals surface area contributed by atoms with Crippen molar-refractivity contribution in [3.63, 3.8) is 0 Å². The quantitative estimate of drug-likeness (QED) is 0.574. The highest BCUT2D eigenvalue weighted by Gasteiger charge is 2.32. The first-order chi connectivity index (χ1) is 15.8. The average Bonchev–Trinajstić information content (AvgIpc) is 2.95. The van der Waals surface area contributed by atoms with Crippen LogP contribution >= 0.6 is 0 Å². The molecule has 0 unspecified atom stereocenters. The standard InChI is InChI=1S/C26H32N2O5/c1-18(2)13-27-14-22(33-17-20-8-7-9-21(12-20)32-4)15-28(16-25(27)30)26(31)24-11-6-5-10-23(24)19(3)29/h5-12,18,22H,13-17H2,1-4H3/t22-/m0/s1. The minimum absolute atomic E-state index is 0.0448. The Bertz CT molecular complexity index is 1000. The van der Waals surface area contributed by atoms with Crippen LogP contribution in [0.4, 0.5) is 0 Å². The van der Waals surface area contributed by atoms with E-state index < -0.39 is 0 Å². The van der Waals surface area contributed by atoms with E-state index in [2.05, 4.69) is 13.8 Å². The van der Waals surface area contributed by atoms with Crippen LogP contribution in [0.15, 0.2) is 48.5 Å². The average molecular weight is 453 g/mol. The molecule has 1 heterocycles. The molecule has 2 amide bonds. The molecule has 2 aromatic rings. The van der Waals surface area contributed by atoms with E-state index in [1.165, 1.54) is 11.8 Å². The summed E-state index contributed by atoms with van der Waals surface area (Å²) in [5, 5.41) is 0. The number of methoxy groups -OCH3 is 1. The molecule has 0 spiro atoms. The minimum Gasteiger partial charge on any atom is -0.497 e. The molecule has 0 saturated carbocycles. The predicted octanol–water partition coefficient (Wildman–Crippen LogP) is 3.42. The molecule has 33 heavy (non-hydrogen) atoms. The zero-order chi connectivity index (χ0) is 24.0. The van der Waals surface area contributed by atoms with Crippen LogP contribution < -0.4 is 4.74 Å². The van der Waals surface area contributed by atoms with E-state index in [-0.39, 0.29) is 42.7 Å². The van der Waals surface area contributed by atoms with Gasteiger partial charge in [0.05, 0.1) is 25.4 Å². The van der Waals surface area contributed by atoms with Crippen molar-refractivity contribution in [1.82, 2.24) is 9.80 Å². The Morgan fingerprint density at radius 1 is 1.06 bits per heavy atom. The summed E-state index contributed by atoms with van der Waals surface area (Å²) in [5.41, 5.74) is 1.61. The number of hydrogen-bond donors (Lipinski definition) is 0. The number of nitrogens with zero attached hydrogens (tertiary/aromatic N) is 2. The Morgan fingerprint density at radius 2 is 1.79 bits per heavy atom. The lowest BCUT2D eigenvalue weighted by atomic mass is 10.0. The lowest BCUT2D eigenvalue weighted by molar-refractivity contribution is -0.132. The van der Waals surface area contributed by atoms with E-state index >= 15 is 0 Å². The minimum atomic E-state index is -0.366. The molecule has 0 radical (unpaired) electrons. The molecule has 2 aromatic carbocycles. The lowest BCUT2D eigenvalue weighted by Gasteiger charge is -2.26. The van der Waals surface area contributed by atoms with Crippen LogP contribution in [-0.4, -0.2) is 66.8 Å². The summed E-state index contributed by atoms with van der Waals surface area (Å²) >= 11 is 0. The fourth-order valence-corrected chi connectivity index (χ4v) is 3.98. The number of ketones is 1. The summed E-state index contributed by atoms with van der Waals surface area (Å²) in [6, 6.07) is 14.3. The molecular formula is C26H32N2O5. The molecule has 0 aromatic heterocycles. The van der Waals surface area contributed by atoms with Gasteiger partial charge in [0.1, 0.15) is 12.3 Å². The molecule has 1 fully saturated rings. The second-order valence-electron chi connectivity index (χ2n) is 8.76. The third-order valence-electron chi connectivity index (χ3n) is 5.56. The van der Waals surface area contributed by atoms with Crippen molar-refractivity contribution in [1.29, 1.82) is 0 Å². The van der Waals surface area contributed by atoms with E-state index in [1.54, 1.807) is 36.3 Å². The van der Waals surface area contributed by atoms with Gasteiger partial charge in [-0.25, -0.2) is 0 Å². The summed E-state index contributed by atoms with van der Waals surface area (Å²) in [6.45, 7) is 7.07.